The first-order valence-electron chi connectivity index (χ1n) is 8.18. The molecule has 4 aromatic rings. The topological polar surface area (TPSA) is 89.8 Å². The van der Waals surface area contributed by atoms with E-state index in [0.29, 0.717) is 22.5 Å². The highest BCUT2D eigenvalue weighted by Gasteiger charge is 2.23. The molecule has 2 aromatic carbocycles. The zero-order chi connectivity index (χ0) is 18.1. The van der Waals surface area contributed by atoms with E-state index in [9.17, 15) is 9.59 Å². The summed E-state index contributed by atoms with van der Waals surface area (Å²) >= 11 is 1.39. The van der Waals surface area contributed by atoms with Gasteiger partial charge in [0.25, 0.3) is 11.5 Å². The summed E-state index contributed by atoms with van der Waals surface area (Å²) in [4.78, 5) is 29.8. The van der Waals surface area contributed by atoms with Crippen molar-refractivity contribution in [2.24, 2.45) is 0 Å². The lowest BCUT2D eigenvalue weighted by molar-refractivity contribution is -0.119. The summed E-state index contributed by atoms with van der Waals surface area (Å²) in [6, 6.07) is 13.8. The molecule has 0 aliphatic rings. The molecular weight excluding hydrogens is 350 g/mol. The molecule has 0 aliphatic heterocycles. The molecule has 0 spiro atoms. The second-order valence-electron chi connectivity index (χ2n) is 5.76. The van der Waals surface area contributed by atoms with Crippen molar-refractivity contribution in [2.45, 2.75) is 19.4 Å². The monoisotopic (exact) mass is 365 g/mol. The van der Waals surface area contributed by atoms with Gasteiger partial charge in [0.05, 0.1) is 15.6 Å². The van der Waals surface area contributed by atoms with Crippen LogP contribution in [0.1, 0.15) is 19.4 Å². The summed E-state index contributed by atoms with van der Waals surface area (Å²) in [6.45, 7) is 1.83. The minimum Gasteiger partial charge on any atom is -0.300 e. The minimum atomic E-state index is -0.758. The largest absolute Gasteiger partial charge is 0.300 e. The van der Waals surface area contributed by atoms with Gasteiger partial charge >= 0.3 is 0 Å². The fraction of sp³-hybridized carbons (Fsp3) is 0.167. The molecule has 7 nitrogen and oxygen atoms in total. The molecule has 2 aromatic heterocycles. The fourth-order valence-corrected chi connectivity index (χ4v) is 3.66. The average Bonchev–Trinajstić information content (AvgIpc) is 3.06. The third-order valence-electron chi connectivity index (χ3n) is 4.10. The second-order valence-corrected chi connectivity index (χ2v) is 6.79. The van der Waals surface area contributed by atoms with Crippen LogP contribution in [0.5, 0.6) is 0 Å². The van der Waals surface area contributed by atoms with Gasteiger partial charge in [-0.2, -0.15) is 4.68 Å². The number of fused-ring (bicyclic) bond motifs is 2. The van der Waals surface area contributed by atoms with Crippen molar-refractivity contribution in [1.29, 1.82) is 0 Å². The number of carbonyl (C=O) groups is 1. The molecule has 0 radical (unpaired) electrons. The van der Waals surface area contributed by atoms with Gasteiger partial charge in [0.2, 0.25) is 0 Å². The lowest BCUT2D eigenvalue weighted by Gasteiger charge is -2.15. The van der Waals surface area contributed by atoms with E-state index in [4.69, 9.17) is 0 Å². The van der Waals surface area contributed by atoms with Gasteiger partial charge < -0.3 is 5.32 Å². The number of hydrogen-bond acceptors (Lipinski definition) is 6. The summed E-state index contributed by atoms with van der Waals surface area (Å²) in [6.07, 6.45) is 0.406. The van der Waals surface area contributed by atoms with Gasteiger partial charge in [0.1, 0.15) is 11.6 Å². The number of rotatable bonds is 4. The van der Waals surface area contributed by atoms with Gasteiger partial charge in [0, 0.05) is 0 Å². The lowest BCUT2D eigenvalue weighted by atomic mass is 10.2. The number of amides is 1. The Bertz CT molecular complexity index is 1130. The third-order valence-corrected chi connectivity index (χ3v) is 5.05. The Morgan fingerprint density at radius 1 is 1.15 bits per heavy atom. The van der Waals surface area contributed by atoms with Crippen LogP contribution in [0.4, 0.5) is 5.13 Å². The molecule has 0 aliphatic carbocycles. The van der Waals surface area contributed by atoms with E-state index >= 15 is 0 Å². The van der Waals surface area contributed by atoms with Gasteiger partial charge in [0.15, 0.2) is 5.13 Å². The Labute approximate surface area is 152 Å². The predicted molar refractivity (Wildman–Crippen MR) is 101 cm³/mol. The molecule has 1 atom stereocenters. The van der Waals surface area contributed by atoms with Gasteiger partial charge in [-0.15, -0.1) is 5.10 Å². The van der Waals surface area contributed by atoms with Crippen LogP contribution in [0.3, 0.4) is 0 Å². The zero-order valence-corrected chi connectivity index (χ0v) is 14.7. The highest BCUT2D eigenvalue weighted by atomic mass is 32.1. The van der Waals surface area contributed by atoms with Crippen LogP contribution in [0.15, 0.2) is 53.3 Å². The molecule has 0 saturated heterocycles. The second kappa shape index (κ2) is 6.64. The molecule has 8 heteroatoms. The van der Waals surface area contributed by atoms with Crippen LogP contribution in [-0.2, 0) is 4.79 Å². The van der Waals surface area contributed by atoms with Crippen molar-refractivity contribution in [2.75, 3.05) is 5.32 Å². The number of nitrogens with one attached hydrogen (secondary N) is 1. The molecule has 4 rings (SSSR count). The number of thiazole rings is 1. The van der Waals surface area contributed by atoms with Gasteiger partial charge in [-0.1, -0.05) is 47.7 Å². The van der Waals surface area contributed by atoms with Crippen molar-refractivity contribution < 1.29 is 4.79 Å². The number of carbonyl (C=O) groups excluding carboxylic acids is 1. The Kier molecular flexibility index (Phi) is 4.18. The van der Waals surface area contributed by atoms with E-state index in [1.807, 2.05) is 31.2 Å². The molecule has 0 fully saturated rings. The Morgan fingerprint density at radius 3 is 2.65 bits per heavy atom. The molecule has 1 N–H and O–H groups in total. The van der Waals surface area contributed by atoms with Crippen molar-refractivity contribution in [3.63, 3.8) is 0 Å². The van der Waals surface area contributed by atoms with E-state index in [1.54, 1.807) is 24.3 Å². The van der Waals surface area contributed by atoms with E-state index in [-0.39, 0.29) is 11.5 Å². The quantitative estimate of drug-likeness (QED) is 0.600. The minimum absolute atomic E-state index is 0.332. The summed E-state index contributed by atoms with van der Waals surface area (Å²) < 4.78 is 2.13. The van der Waals surface area contributed by atoms with Crippen LogP contribution in [-0.4, -0.2) is 25.9 Å². The Balaban J connectivity index is 1.67. The maximum Gasteiger partial charge on any atom is 0.278 e. The number of benzene rings is 2. The first kappa shape index (κ1) is 16.3. The number of para-hydroxylation sites is 1. The zero-order valence-electron chi connectivity index (χ0n) is 13.9. The highest BCUT2D eigenvalue weighted by molar-refractivity contribution is 7.22. The normalized spacial score (nSPS) is 12.3. The van der Waals surface area contributed by atoms with Crippen LogP contribution >= 0.6 is 11.3 Å². The number of hydrogen-bond donors (Lipinski definition) is 1. The number of nitrogens with zero attached hydrogens (tertiary/aromatic N) is 4. The molecule has 1 unspecified atom stereocenters. The van der Waals surface area contributed by atoms with Crippen LogP contribution in [0.2, 0.25) is 0 Å². The summed E-state index contributed by atoms with van der Waals surface area (Å²) in [5.41, 5.74) is 1.00. The molecule has 1 amide bonds. The van der Waals surface area contributed by atoms with E-state index in [2.05, 4.69) is 20.6 Å². The first-order chi connectivity index (χ1) is 12.7. The maximum absolute atomic E-state index is 12.7. The van der Waals surface area contributed by atoms with Gasteiger partial charge in [-0.3, -0.25) is 9.59 Å². The molecule has 2 heterocycles. The van der Waals surface area contributed by atoms with Crippen LogP contribution < -0.4 is 10.9 Å². The number of anilines is 1. The molecule has 130 valence electrons. The number of aromatic nitrogens is 4. The maximum atomic E-state index is 12.7. The van der Waals surface area contributed by atoms with E-state index in [0.717, 1.165) is 14.9 Å². The third kappa shape index (κ3) is 2.84. The van der Waals surface area contributed by atoms with Crippen LogP contribution in [0, 0.1) is 0 Å². The highest BCUT2D eigenvalue weighted by Crippen LogP contribution is 2.26. The van der Waals surface area contributed by atoms with Gasteiger partial charge in [-0.05, 0) is 30.7 Å². The summed E-state index contributed by atoms with van der Waals surface area (Å²) in [7, 11) is 0. The van der Waals surface area contributed by atoms with Crippen molar-refractivity contribution in [3.05, 3.63) is 58.9 Å². The molecular formula is C18H15N5O2S. The Hall–Kier alpha value is -3.13. The lowest BCUT2D eigenvalue weighted by Crippen LogP contribution is -2.35. The van der Waals surface area contributed by atoms with Crippen molar-refractivity contribution in [1.82, 2.24) is 20.0 Å². The Morgan fingerprint density at radius 2 is 1.88 bits per heavy atom. The standard InChI is InChI=1S/C18H15N5O2S/c1-2-14(23-17(25)11-7-3-4-8-12(11)21-22-23)16(24)20-18-19-13-9-5-6-10-15(13)26-18/h3-10,14H,2H2,1H3,(H,19,20,24). The van der Waals surface area contributed by atoms with Gasteiger partial charge in [-0.25, -0.2) is 4.98 Å². The molecule has 26 heavy (non-hydrogen) atoms. The van der Waals surface area contributed by atoms with Crippen molar-refractivity contribution in [3.8, 4) is 0 Å². The fourth-order valence-electron chi connectivity index (χ4n) is 2.79. The smallest absolute Gasteiger partial charge is 0.278 e. The average molecular weight is 365 g/mol. The SMILES string of the molecule is CCC(C(=O)Nc1nc2ccccc2s1)n1nnc2ccccc2c1=O. The summed E-state index contributed by atoms with van der Waals surface area (Å²) in [5.74, 6) is -0.335. The summed E-state index contributed by atoms with van der Waals surface area (Å²) in [5, 5.41) is 11.7. The van der Waals surface area contributed by atoms with E-state index in [1.165, 1.54) is 11.3 Å². The van der Waals surface area contributed by atoms with Crippen LogP contribution in [0.25, 0.3) is 21.1 Å². The predicted octanol–water partition coefficient (Wildman–Crippen LogP) is 2.99. The first-order valence-corrected chi connectivity index (χ1v) is 8.99. The van der Waals surface area contributed by atoms with E-state index < -0.39 is 6.04 Å². The van der Waals surface area contributed by atoms with Crippen molar-refractivity contribution >= 4 is 43.5 Å². The molecule has 0 saturated carbocycles. The molecule has 0 bridgehead atoms.